The highest BCUT2D eigenvalue weighted by Gasteiger charge is 2.18. The second-order valence-electron chi connectivity index (χ2n) is 6.66. The van der Waals surface area contributed by atoms with Gasteiger partial charge in [-0.25, -0.2) is 14.8 Å². The predicted octanol–water partition coefficient (Wildman–Crippen LogP) is 4.85. The SMILES string of the molecule is CC(=O)Nc1cccc(Nc2ncc3cc(-c4ccccc4Br)c(C(=O)O)nc3n2)c1. The third-order valence-electron chi connectivity index (χ3n) is 4.37. The van der Waals surface area contributed by atoms with E-state index in [1.807, 2.05) is 24.3 Å². The molecule has 3 N–H and O–H groups in total. The molecule has 31 heavy (non-hydrogen) atoms. The van der Waals surface area contributed by atoms with Gasteiger partial charge in [0.2, 0.25) is 11.9 Å². The van der Waals surface area contributed by atoms with Crippen LogP contribution in [0.25, 0.3) is 22.2 Å². The largest absolute Gasteiger partial charge is 0.476 e. The molecule has 0 saturated carbocycles. The monoisotopic (exact) mass is 477 g/mol. The van der Waals surface area contributed by atoms with Crippen molar-refractivity contribution in [3.63, 3.8) is 0 Å². The summed E-state index contributed by atoms with van der Waals surface area (Å²) < 4.78 is 0.761. The molecule has 2 heterocycles. The Morgan fingerprint density at radius 3 is 2.48 bits per heavy atom. The first-order chi connectivity index (χ1) is 14.9. The molecule has 0 spiro atoms. The number of nitrogens with one attached hydrogen (secondary N) is 2. The van der Waals surface area contributed by atoms with Crippen molar-refractivity contribution in [2.24, 2.45) is 0 Å². The number of aromatic nitrogens is 3. The van der Waals surface area contributed by atoms with Crippen LogP contribution in [-0.2, 0) is 4.79 Å². The van der Waals surface area contributed by atoms with E-state index in [9.17, 15) is 14.7 Å². The van der Waals surface area contributed by atoms with E-state index in [2.05, 4.69) is 41.5 Å². The summed E-state index contributed by atoms with van der Waals surface area (Å²) in [5, 5.41) is 16.1. The Bertz CT molecular complexity index is 1330. The minimum atomic E-state index is -1.15. The highest BCUT2D eigenvalue weighted by molar-refractivity contribution is 9.10. The summed E-state index contributed by atoms with van der Waals surface area (Å²) in [6, 6.07) is 16.1. The zero-order chi connectivity index (χ0) is 22.0. The van der Waals surface area contributed by atoms with Crippen molar-refractivity contribution in [3.05, 3.63) is 71.0 Å². The number of fused-ring (bicyclic) bond motifs is 1. The molecule has 9 heteroatoms. The van der Waals surface area contributed by atoms with E-state index in [-0.39, 0.29) is 23.2 Å². The number of amides is 1. The van der Waals surface area contributed by atoms with Gasteiger partial charge >= 0.3 is 5.97 Å². The summed E-state index contributed by atoms with van der Waals surface area (Å²) in [7, 11) is 0. The number of halogens is 1. The fourth-order valence-corrected chi connectivity index (χ4v) is 3.58. The zero-order valence-electron chi connectivity index (χ0n) is 16.3. The number of benzene rings is 2. The molecule has 0 fully saturated rings. The lowest BCUT2D eigenvalue weighted by Gasteiger charge is -2.11. The molecule has 8 nitrogen and oxygen atoms in total. The lowest BCUT2D eigenvalue weighted by atomic mass is 10.0. The Morgan fingerprint density at radius 1 is 0.968 bits per heavy atom. The van der Waals surface area contributed by atoms with Gasteiger partial charge in [0.25, 0.3) is 0 Å². The summed E-state index contributed by atoms with van der Waals surface area (Å²) >= 11 is 3.46. The van der Waals surface area contributed by atoms with Gasteiger partial charge in [0.05, 0.1) is 0 Å². The number of carbonyl (C=O) groups excluding carboxylic acids is 1. The lowest BCUT2D eigenvalue weighted by molar-refractivity contribution is -0.114. The van der Waals surface area contributed by atoms with Crippen molar-refractivity contribution in [1.82, 2.24) is 15.0 Å². The van der Waals surface area contributed by atoms with Gasteiger partial charge in [-0.3, -0.25) is 4.79 Å². The number of carbonyl (C=O) groups is 2. The molecule has 4 rings (SSSR count). The van der Waals surface area contributed by atoms with E-state index >= 15 is 0 Å². The van der Waals surface area contributed by atoms with Gasteiger partial charge in [-0.1, -0.05) is 40.2 Å². The maximum atomic E-state index is 11.9. The van der Waals surface area contributed by atoms with Crippen molar-refractivity contribution >= 4 is 56.2 Å². The molecule has 0 aliphatic carbocycles. The number of carboxylic acid groups (broad SMARTS) is 1. The second-order valence-corrected chi connectivity index (χ2v) is 7.52. The number of hydrogen-bond donors (Lipinski definition) is 3. The molecule has 0 saturated heterocycles. The minimum absolute atomic E-state index is 0.100. The molecule has 4 aromatic rings. The molecule has 0 aliphatic rings. The zero-order valence-corrected chi connectivity index (χ0v) is 17.8. The van der Waals surface area contributed by atoms with Crippen LogP contribution in [0.3, 0.4) is 0 Å². The van der Waals surface area contributed by atoms with Gasteiger partial charge < -0.3 is 15.7 Å². The molecule has 2 aromatic carbocycles. The van der Waals surface area contributed by atoms with Crippen LogP contribution in [0.5, 0.6) is 0 Å². The number of aromatic carboxylic acids is 1. The maximum Gasteiger partial charge on any atom is 0.355 e. The molecule has 2 aromatic heterocycles. The highest BCUT2D eigenvalue weighted by Crippen LogP contribution is 2.32. The normalized spacial score (nSPS) is 10.6. The Labute approximate surface area is 185 Å². The maximum absolute atomic E-state index is 11.9. The van der Waals surface area contributed by atoms with Crippen LogP contribution >= 0.6 is 15.9 Å². The van der Waals surface area contributed by atoms with Gasteiger partial charge in [0, 0.05) is 39.9 Å². The fourth-order valence-electron chi connectivity index (χ4n) is 3.08. The summed E-state index contributed by atoms with van der Waals surface area (Å²) in [6.45, 7) is 1.43. The van der Waals surface area contributed by atoms with Gasteiger partial charge in [0.1, 0.15) is 0 Å². The van der Waals surface area contributed by atoms with E-state index in [1.54, 1.807) is 36.5 Å². The first-order valence-electron chi connectivity index (χ1n) is 9.21. The number of nitrogens with zero attached hydrogens (tertiary/aromatic N) is 3. The summed E-state index contributed by atoms with van der Waals surface area (Å²) in [5.41, 5.74) is 2.63. The van der Waals surface area contributed by atoms with Gasteiger partial charge in [-0.05, 0) is 35.9 Å². The molecular weight excluding hydrogens is 462 g/mol. The van der Waals surface area contributed by atoms with Crippen LogP contribution in [0.4, 0.5) is 17.3 Å². The molecule has 0 unspecified atom stereocenters. The number of rotatable bonds is 5. The van der Waals surface area contributed by atoms with E-state index in [0.717, 1.165) is 4.47 Å². The summed E-state index contributed by atoms with van der Waals surface area (Å²) in [4.78, 5) is 36.1. The van der Waals surface area contributed by atoms with Crippen molar-refractivity contribution in [2.75, 3.05) is 10.6 Å². The Kier molecular flexibility index (Phi) is 5.59. The van der Waals surface area contributed by atoms with Crippen LogP contribution < -0.4 is 10.6 Å². The van der Waals surface area contributed by atoms with Crippen LogP contribution in [0, 0.1) is 0 Å². The average molecular weight is 478 g/mol. The third kappa shape index (κ3) is 4.51. The number of carboxylic acids is 1. The molecule has 0 radical (unpaired) electrons. The quantitative estimate of drug-likeness (QED) is 0.375. The molecular formula is C22H16BrN5O3. The molecule has 0 aliphatic heterocycles. The number of hydrogen-bond acceptors (Lipinski definition) is 6. The van der Waals surface area contributed by atoms with Crippen molar-refractivity contribution in [3.8, 4) is 11.1 Å². The van der Waals surface area contributed by atoms with Crippen LogP contribution in [0.2, 0.25) is 0 Å². The van der Waals surface area contributed by atoms with Crippen molar-refractivity contribution < 1.29 is 14.7 Å². The minimum Gasteiger partial charge on any atom is -0.476 e. The smallest absolute Gasteiger partial charge is 0.355 e. The Balaban J connectivity index is 1.73. The summed E-state index contributed by atoms with van der Waals surface area (Å²) in [5.74, 6) is -1.07. The topological polar surface area (TPSA) is 117 Å². The molecule has 0 bridgehead atoms. The molecule has 1 amide bonds. The summed E-state index contributed by atoms with van der Waals surface area (Å²) in [6.07, 6.45) is 1.58. The van der Waals surface area contributed by atoms with Crippen LogP contribution in [0.1, 0.15) is 17.4 Å². The van der Waals surface area contributed by atoms with E-state index < -0.39 is 5.97 Å². The van der Waals surface area contributed by atoms with Gasteiger partial charge in [-0.2, -0.15) is 4.98 Å². The predicted molar refractivity (Wildman–Crippen MR) is 121 cm³/mol. The van der Waals surface area contributed by atoms with E-state index in [1.165, 1.54) is 6.92 Å². The molecule has 0 atom stereocenters. The number of anilines is 3. The van der Waals surface area contributed by atoms with Crippen LogP contribution in [-0.4, -0.2) is 31.9 Å². The average Bonchev–Trinajstić information content (AvgIpc) is 2.73. The van der Waals surface area contributed by atoms with Crippen LogP contribution in [0.15, 0.2) is 65.3 Å². The third-order valence-corrected chi connectivity index (χ3v) is 5.07. The van der Waals surface area contributed by atoms with E-state index in [4.69, 9.17) is 0 Å². The number of pyridine rings is 1. The Hall–Kier alpha value is -3.85. The first-order valence-corrected chi connectivity index (χ1v) is 10.0. The van der Waals surface area contributed by atoms with Crippen molar-refractivity contribution in [1.29, 1.82) is 0 Å². The van der Waals surface area contributed by atoms with Crippen molar-refractivity contribution in [2.45, 2.75) is 6.92 Å². The van der Waals surface area contributed by atoms with Gasteiger partial charge in [0.15, 0.2) is 11.3 Å². The lowest BCUT2D eigenvalue weighted by Crippen LogP contribution is -2.07. The second kappa shape index (κ2) is 8.49. The van der Waals surface area contributed by atoms with E-state index in [0.29, 0.717) is 27.9 Å². The van der Waals surface area contributed by atoms with Gasteiger partial charge in [-0.15, -0.1) is 0 Å². The standard InChI is InChI=1S/C22H16BrN5O3/c1-12(29)25-14-5-4-6-15(10-14)26-22-24-11-13-9-17(16-7-2-3-8-18(16)23)19(21(30)31)27-20(13)28-22/h2-11H,1H3,(H,25,29)(H,30,31)(H,24,26,27,28). The first kappa shape index (κ1) is 20.4. The highest BCUT2D eigenvalue weighted by atomic mass is 79.9. The molecule has 154 valence electrons. The Morgan fingerprint density at radius 2 is 1.74 bits per heavy atom. The fraction of sp³-hybridized carbons (Fsp3) is 0.0455.